The fourth-order valence-corrected chi connectivity index (χ4v) is 8.59. The largest absolute Gasteiger partial charge is 0.472 e. The molecule has 0 aromatic rings. The lowest BCUT2D eigenvalue weighted by atomic mass is 10.2. The summed E-state index contributed by atoms with van der Waals surface area (Å²) in [6.07, 6.45) is 0. The van der Waals surface area contributed by atoms with Gasteiger partial charge >= 0.3 is 62.6 Å². The monoisotopic (exact) mass is 1110 g/mol. The number of halogens is 1. The first-order valence-electron chi connectivity index (χ1n) is 17.1. The molecule has 0 amide bonds. The van der Waals surface area contributed by atoms with Crippen molar-refractivity contribution in [2.45, 2.75) is 0 Å². The summed E-state index contributed by atoms with van der Waals surface area (Å²) in [6.45, 7) is -12.6. The maximum atomic E-state index is 12.8. The van der Waals surface area contributed by atoms with Crippen LogP contribution in [0.5, 0.6) is 0 Å². The van der Waals surface area contributed by atoms with E-state index in [4.69, 9.17) is 31.0 Å². The highest BCUT2D eigenvalue weighted by molar-refractivity contribution is 7.49. The summed E-state index contributed by atoms with van der Waals surface area (Å²) in [4.78, 5) is 93.2. The highest BCUT2D eigenvalue weighted by atomic mass is 31.2. The molecule has 8 unspecified atom stereocenters. The molecule has 386 valence electrons. The fraction of sp³-hybridized carbons (Fsp3) is 1.00. The zero-order valence-electron chi connectivity index (χ0n) is 32.8. The summed E-state index contributed by atoms with van der Waals surface area (Å²) < 4.78 is 169. The molecule has 0 spiro atoms. The van der Waals surface area contributed by atoms with Gasteiger partial charge in [0.2, 0.25) is 0 Å². The minimum Gasteiger partial charge on any atom is -0.330 e. The van der Waals surface area contributed by atoms with Crippen molar-refractivity contribution < 1.29 is 153 Å². The molecule has 15 N–H and O–H groups in total. The van der Waals surface area contributed by atoms with Gasteiger partial charge in [-0.1, -0.05) is 0 Å². The van der Waals surface area contributed by atoms with Gasteiger partial charge < -0.3 is 60.4 Å². The summed E-state index contributed by atoms with van der Waals surface area (Å²) in [5.74, 6) is -3.18. The molecular formula is C20H52FN3O32P8. The fourth-order valence-electron chi connectivity index (χ4n) is 3.29. The molecule has 0 aliphatic rings. The van der Waals surface area contributed by atoms with Crippen molar-refractivity contribution in [2.24, 2.45) is 29.2 Å². The zero-order valence-corrected chi connectivity index (χ0v) is 40.0. The van der Waals surface area contributed by atoms with Gasteiger partial charge in [0.1, 0.15) is 0 Å². The Balaban J connectivity index is 4.52. The summed E-state index contributed by atoms with van der Waals surface area (Å²) in [5, 5.41) is 0. The molecule has 64 heavy (non-hydrogen) atoms. The van der Waals surface area contributed by atoms with Crippen LogP contribution in [0.1, 0.15) is 0 Å². The van der Waals surface area contributed by atoms with Crippen LogP contribution in [0, 0.1) is 17.8 Å². The van der Waals surface area contributed by atoms with E-state index in [0.717, 1.165) is 5.54 Å². The molecule has 0 aromatic heterocycles. The van der Waals surface area contributed by atoms with Crippen molar-refractivity contribution in [1.29, 1.82) is 0 Å². The Kier molecular flexibility index (Phi) is 31.5. The normalized spacial score (nSPS) is 19.9. The Morgan fingerprint density at radius 2 is 0.531 bits per heavy atom. The molecule has 0 rings (SSSR count). The van der Waals surface area contributed by atoms with Crippen molar-refractivity contribution in [3.05, 3.63) is 0 Å². The van der Waals surface area contributed by atoms with Crippen LogP contribution in [0.3, 0.4) is 0 Å². The van der Waals surface area contributed by atoms with Crippen LogP contribution in [0.2, 0.25) is 0 Å². The first-order valence-corrected chi connectivity index (χ1v) is 29.1. The number of rotatable bonds is 42. The van der Waals surface area contributed by atoms with Crippen molar-refractivity contribution >= 4 is 62.6 Å². The number of phosphoric ester groups is 8. The van der Waals surface area contributed by atoms with Crippen LogP contribution in [0.4, 0.5) is 4.48 Å². The van der Waals surface area contributed by atoms with E-state index in [1.807, 2.05) is 0 Å². The Morgan fingerprint density at radius 3 is 0.719 bits per heavy atom. The first-order chi connectivity index (χ1) is 29.2. The summed E-state index contributed by atoms with van der Waals surface area (Å²) in [5.41, 5.74) is 11.9. The lowest BCUT2D eigenvalue weighted by molar-refractivity contribution is 0.0662. The van der Waals surface area contributed by atoms with Crippen LogP contribution in [-0.2, 0) is 99.9 Å². The minimum atomic E-state index is -5.02. The molecular weight excluding hydrogens is 1060 g/mol. The van der Waals surface area contributed by atoms with Crippen LogP contribution >= 0.6 is 62.6 Å². The van der Waals surface area contributed by atoms with Gasteiger partial charge in [0, 0.05) is 24.3 Å². The number of hydrogen-bond acceptors (Lipinski definition) is 25. The Bertz CT molecular complexity index is 1610. The van der Waals surface area contributed by atoms with E-state index in [0.29, 0.717) is 0 Å². The lowest BCUT2D eigenvalue weighted by Crippen LogP contribution is -2.25. The SMILES string of the molecule is NCC(COP(=O)(O)O)COP(=O)(O)OCCOP(=O)(O)OCCOP(=O)(O)OCC(CNF)COP(=O)(O)OCCOP(=O)(O)OCCOP(=O)(O)OCC(CN)COP(=O)(O)O. The van der Waals surface area contributed by atoms with E-state index in [2.05, 4.69) is 63.3 Å². The van der Waals surface area contributed by atoms with Gasteiger partial charge in [-0.25, -0.2) is 36.5 Å². The molecule has 0 aliphatic heterocycles. The Hall–Kier alpha value is 0.690. The smallest absolute Gasteiger partial charge is 0.330 e. The molecule has 44 heteroatoms. The topological polar surface area (TPSA) is 532 Å². The molecule has 0 saturated carbocycles. The number of nitrogens with two attached hydrogens (primary N) is 2. The molecule has 0 saturated heterocycles. The van der Waals surface area contributed by atoms with E-state index in [1.54, 1.807) is 0 Å². The van der Waals surface area contributed by atoms with Crippen molar-refractivity contribution in [3.63, 3.8) is 0 Å². The number of hydrogen-bond donors (Lipinski definition) is 13. The lowest BCUT2D eigenvalue weighted by Gasteiger charge is -2.20. The Labute approximate surface area is 362 Å². The average molecular weight is 1110 g/mol. The number of nitrogens with one attached hydrogen (secondary N) is 1. The van der Waals surface area contributed by atoms with Crippen LogP contribution in [0.25, 0.3) is 0 Å². The second-order valence-corrected chi connectivity index (χ2v) is 22.8. The highest BCUT2D eigenvalue weighted by Gasteiger charge is 2.31. The van der Waals surface area contributed by atoms with Crippen molar-refractivity contribution in [2.75, 3.05) is 112 Å². The molecule has 0 bridgehead atoms. The van der Waals surface area contributed by atoms with Crippen LogP contribution in [-0.4, -0.2) is 161 Å². The molecule has 8 atom stereocenters. The minimum absolute atomic E-state index is 0.274. The van der Waals surface area contributed by atoms with Crippen LogP contribution < -0.4 is 17.0 Å². The van der Waals surface area contributed by atoms with E-state index in [9.17, 15) is 70.4 Å². The molecule has 0 aliphatic carbocycles. The second-order valence-electron chi connectivity index (χ2n) is 11.6. The predicted octanol–water partition coefficient (Wildman–Crippen LogP) is -0.753. The summed E-state index contributed by atoms with van der Waals surface area (Å²) in [7, 11) is -39.2. The third kappa shape index (κ3) is 37.6. The standard InChI is InChI=1S/C20H52FN3O32P8/c21-24-11-20(16-55-63(39,40)49-7-3-45-59(31,32)43-1-5-47-61(35,36)53-14-18(9-22)12-51-57(25,26)27)17-56-64(41,42)50-8-4-46-60(33,34)44-2-6-48-62(37,38)54-15-19(10-23)13-52-58(28,29)30/h18-20,24H,1-17,22-23H2,(H,31,32)(H,33,34)(H,35,36)(H,37,38)(H,39,40)(H,41,42)(H2,25,26,27)(H2,28,29,30). The molecule has 0 aromatic carbocycles. The van der Waals surface area contributed by atoms with Gasteiger partial charge in [-0.2, -0.15) is 5.54 Å². The van der Waals surface area contributed by atoms with Gasteiger partial charge in [-0.05, 0) is 13.1 Å². The maximum Gasteiger partial charge on any atom is 0.472 e. The van der Waals surface area contributed by atoms with Crippen LogP contribution in [0.15, 0.2) is 0 Å². The van der Waals surface area contributed by atoms with Crippen molar-refractivity contribution in [3.8, 4) is 0 Å². The molecule has 0 fully saturated rings. The second kappa shape index (κ2) is 31.1. The van der Waals surface area contributed by atoms with E-state index in [1.165, 1.54) is 0 Å². The maximum absolute atomic E-state index is 12.8. The van der Waals surface area contributed by atoms with Gasteiger partial charge in [-0.15, -0.1) is 4.48 Å². The van der Waals surface area contributed by atoms with Gasteiger partial charge in [0.25, 0.3) is 0 Å². The van der Waals surface area contributed by atoms with Gasteiger partial charge in [-0.3, -0.25) is 63.3 Å². The molecule has 0 heterocycles. The predicted molar refractivity (Wildman–Crippen MR) is 204 cm³/mol. The average Bonchev–Trinajstić information content (AvgIpc) is 3.16. The third-order valence-electron chi connectivity index (χ3n) is 6.25. The van der Waals surface area contributed by atoms with E-state index >= 15 is 0 Å². The quantitative estimate of drug-likeness (QED) is 0.0203. The van der Waals surface area contributed by atoms with Gasteiger partial charge in [0.05, 0.1) is 92.5 Å². The highest BCUT2D eigenvalue weighted by Crippen LogP contribution is 2.49. The van der Waals surface area contributed by atoms with Gasteiger partial charge in [0.15, 0.2) is 0 Å². The third-order valence-corrected chi connectivity index (χ3v) is 13.2. The first kappa shape index (κ1) is 64.7. The summed E-state index contributed by atoms with van der Waals surface area (Å²) in [6, 6.07) is 0. The number of phosphoric acid groups is 8. The van der Waals surface area contributed by atoms with E-state index < -0.39 is 179 Å². The zero-order chi connectivity index (χ0) is 49.4. The molecule has 35 nitrogen and oxygen atoms in total. The summed E-state index contributed by atoms with van der Waals surface area (Å²) >= 11 is 0. The van der Waals surface area contributed by atoms with E-state index in [-0.39, 0.29) is 13.1 Å². The van der Waals surface area contributed by atoms with Crippen molar-refractivity contribution in [1.82, 2.24) is 5.54 Å². The molecule has 0 radical (unpaired) electrons. The Morgan fingerprint density at radius 1 is 0.344 bits per heavy atom.